The second kappa shape index (κ2) is 10.4. The number of halogens is 1. The number of amides is 3. The van der Waals surface area contributed by atoms with Crippen LogP contribution < -0.4 is 10.1 Å². The van der Waals surface area contributed by atoms with Crippen molar-refractivity contribution in [3.8, 4) is 5.75 Å². The number of carbonyl (C=O) groups is 4. The highest BCUT2D eigenvalue weighted by atomic mass is 35.5. The molecule has 1 aliphatic rings. The molecule has 178 valence electrons. The van der Waals surface area contributed by atoms with E-state index in [4.69, 9.17) is 21.1 Å². The summed E-state index contributed by atoms with van der Waals surface area (Å²) in [5.41, 5.74) is 2.13. The van der Waals surface area contributed by atoms with Crippen molar-refractivity contribution in [3.63, 3.8) is 0 Å². The van der Waals surface area contributed by atoms with E-state index in [1.54, 1.807) is 60.7 Å². The molecule has 0 aliphatic carbocycles. The molecule has 0 radical (unpaired) electrons. The zero-order valence-electron chi connectivity index (χ0n) is 18.7. The molecular weight excluding hydrogens is 472 g/mol. The molecule has 0 spiro atoms. The van der Waals surface area contributed by atoms with Gasteiger partial charge in [0, 0.05) is 11.6 Å². The zero-order valence-corrected chi connectivity index (χ0v) is 19.5. The van der Waals surface area contributed by atoms with E-state index in [1.807, 2.05) is 0 Å². The third-order valence-electron chi connectivity index (χ3n) is 5.44. The summed E-state index contributed by atoms with van der Waals surface area (Å²) in [7, 11) is 1.40. The fourth-order valence-electron chi connectivity index (χ4n) is 3.64. The Labute approximate surface area is 206 Å². The lowest BCUT2D eigenvalue weighted by Crippen LogP contribution is -2.29. The number of esters is 1. The van der Waals surface area contributed by atoms with Crippen molar-refractivity contribution in [1.82, 2.24) is 10.2 Å². The van der Waals surface area contributed by atoms with E-state index in [1.165, 1.54) is 13.2 Å². The maximum Gasteiger partial charge on any atom is 0.342 e. The van der Waals surface area contributed by atoms with Crippen molar-refractivity contribution in [2.45, 2.75) is 13.1 Å². The van der Waals surface area contributed by atoms with Crippen LogP contribution in [-0.4, -0.2) is 42.3 Å². The highest BCUT2D eigenvalue weighted by Crippen LogP contribution is 2.26. The summed E-state index contributed by atoms with van der Waals surface area (Å²) >= 11 is 5.84. The topological polar surface area (TPSA) is 102 Å². The Morgan fingerprint density at radius 2 is 1.54 bits per heavy atom. The summed E-state index contributed by atoms with van der Waals surface area (Å²) in [6.07, 6.45) is 0. The predicted octanol–water partition coefficient (Wildman–Crippen LogP) is 3.62. The van der Waals surface area contributed by atoms with Gasteiger partial charge < -0.3 is 14.8 Å². The molecule has 1 heterocycles. The largest absolute Gasteiger partial charge is 0.496 e. The molecule has 0 saturated carbocycles. The van der Waals surface area contributed by atoms with Crippen molar-refractivity contribution in [3.05, 3.63) is 99.6 Å². The third kappa shape index (κ3) is 5.33. The average Bonchev–Trinajstić information content (AvgIpc) is 3.11. The average molecular weight is 493 g/mol. The fraction of sp³-hybridized carbons (Fsp3) is 0.154. The smallest absolute Gasteiger partial charge is 0.342 e. The number of benzene rings is 3. The van der Waals surface area contributed by atoms with Crippen LogP contribution in [0, 0.1) is 0 Å². The number of methoxy groups -OCH3 is 1. The Kier molecular flexibility index (Phi) is 7.12. The van der Waals surface area contributed by atoms with Crippen LogP contribution in [0.25, 0.3) is 0 Å². The molecule has 0 saturated heterocycles. The first-order valence-electron chi connectivity index (χ1n) is 10.7. The number of hydrogen-bond acceptors (Lipinski definition) is 6. The van der Waals surface area contributed by atoms with Gasteiger partial charge in [-0.1, -0.05) is 41.9 Å². The molecule has 0 unspecified atom stereocenters. The maximum absolute atomic E-state index is 12.7. The Morgan fingerprint density at radius 3 is 2.17 bits per heavy atom. The second-order valence-corrected chi connectivity index (χ2v) is 8.19. The SMILES string of the molecule is COc1ccc(CN2C(=O)c3ccccc3C2=O)cc1C(=O)OCC(=O)NCc1ccc(Cl)cc1. The van der Waals surface area contributed by atoms with Gasteiger partial charge in [0.05, 0.1) is 24.8 Å². The van der Waals surface area contributed by atoms with E-state index in [9.17, 15) is 19.2 Å². The number of imide groups is 1. The number of nitrogens with zero attached hydrogens (tertiary/aromatic N) is 1. The Hall–Kier alpha value is -4.17. The minimum absolute atomic E-state index is 0.0296. The Balaban J connectivity index is 1.39. The van der Waals surface area contributed by atoms with Gasteiger partial charge in [0.25, 0.3) is 17.7 Å². The molecule has 1 N–H and O–H groups in total. The molecule has 1 aliphatic heterocycles. The van der Waals surface area contributed by atoms with Gasteiger partial charge in [-0.2, -0.15) is 0 Å². The molecule has 0 fully saturated rings. The Morgan fingerprint density at radius 1 is 0.914 bits per heavy atom. The van der Waals surface area contributed by atoms with Gasteiger partial charge in [0.2, 0.25) is 0 Å². The molecule has 0 bridgehead atoms. The van der Waals surface area contributed by atoms with E-state index in [0.29, 0.717) is 21.7 Å². The summed E-state index contributed by atoms with van der Waals surface area (Å²) in [6.45, 7) is -0.261. The van der Waals surface area contributed by atoms with Gasteiger partial charge in [-0.25, -0.2) is 4.79 Å². The van der Waals surface area contributed by atoms with Crippen LogP contribution >= 0.6 is 11.6 Å². The van der Waals surface area contributed by atoms with Crippen LogP contribution in [0.1, 0.15) is 42.2 Å². The van der Waals surface area contributed by atoms with Crippen molar-refractivity contribution >= 4 is 35.3 Å². The van der Waals surface area contributed by atoms with Crippen LogP contribution in [0.2, 0.25) is 5.02 Å². The Bertz CT molecular complexity index is 1270. The normalized spacial score (nSPS) is 12.3. The highest BCUT2D eigenvalue weighted by Gasteiger charge is 2.35. The lowest BCUT2D eigenvalue weighted by Gasteiger charge is -2.16. The molecule has 0 aromatic heterocycles. The summed E-state index contributed by atoms with van der Waals surface area (Å²) in [5.74, 6) is -1.81. The van der Waals surface area contributed by atoms with E-state index in [-0.39, 0.29) is 24.4 Å². The molecule has 9 heteroatoms. The van der Waals surface area contributed by atoms with Gasteiger partial charge in [0.1, 0.15) is 11.3 Å². The van der Waals surface area contributed by atoms with E-state index < -0.39 is 30.3 Å². The van der Waals surface area contributed by atoms with Gasteiger partial charge in [-0.05, 0) is 47.5 Å². The molecular formula is C26H21ClN2O6. The van der Waals surface area contributed by atoms with Gasteiger partial charge in [-0.3, -0.25) is 19.3 Å². The first-order valence-corrected chi connectivity index (χ1v) is 11.1. The fourth-order valence-corrected chi connectivity index (χ4v) is 3.77. The quantitative estimate of drug-likeness (QED) is 0.380. The number of nitrogens with one attached hydrogen (secondary N) is 1. The van der Waals surface area contributed by atoms with Crippen LogP contribution in [0.5, 0.6) is 5.75 Å². The van der Waals surface area contributed by atoms with E-state index in [0.717, 1.165) is 10.5 Å². The van der Waals surface area contributed by atoms with Crippen molar-refractivity contribution in [1.29, 1.82) is 0 Å². The highest BCUT2D eigenvalue weighted by molar-refractivity contribution is 6.30. The van der Waals surface area contributed by atoms with Gasteiger partial charge in [0.15, 0.2) is 6.61 Å². The minimum Gasteiger partial charge on any atom is -0.496 e. The zero-order chi connectivity index (χ0) is 24.9. The molecule has 4 rings (SSSR count). The number of rotatable bonds is 8. The van der Waals surface area contributed by atoms with Crippen LogP contribution in [-0.2, 0) is 22.6 Å². The lowest BCUT2D eigenvalue weighted by atomic mass is 10.1. The standard InChI is InChI=1S/C26H21ClN2O6/c1-34-22-11-8-17(14-29-24(31)19-4-2-3-5-20(19)25(29)32)12-21(22)26(33)35-15-23(30)28-13-16-6-9-18(27)10-7-16/h2-12H,13-15H2,1H3,(H,28,30). The summed E-state index contributed by atoms with van der Waals surface area (Å²) in [4.78, 5) is 51.2. The minimum atomic E-state index is -0.771. The summed E-state index contributed by atoms with van der Waals surface area (Å²) in [6, 6.07) is 18.3. The van der Waals surface area contributed by atoms with Crippen molar-refractivity contribution in [2.75, 3.05) is 13.7 Å². The van der Waals surface area contributed by atoms with Crippen molar-refractivity contribution in [2.24, 2.45) is 0 Å². The third-order valence-corrected chi connectivity index (χ3v) is 5.69. The van der Waals surface area contributed by atoms with Crippen LogP contribution in [0.3, 0.4) is 0 Å². The molecule has 8 nitrogen and oxygen atoms in total. The van der Waals surface area contributed by atoms with E-state index >= 15 is 0 Å². The second-order valence-electron chi connectivity index (χ2n) is 7.76. The summed E-state index contributed by atoms with van der Waals surface area (Å²) < 4.78 is 10.4. The lowest BCUT2D eigenvalue weighted by molar-refractivity contribution is -0.124. The first kappa shape index (κ1) is 24.0. The van der Waals surface area contributed by atoms with Gasteiger partial charge in [-0.15, -0.1) is 0 Å². The molecule has 3 aromatic rings. The number of ether oxygens (including phenoxy) is 2. The van der Waals surface area contributed by atoms with Gasteiger partial charge >= 0.3 is 5.97 Å². The van der Waals surface area contributed by atoms with Crippen molar-refractivity contribution < 1.29 is 28.7 Å². The molecule has 0 atom stereocenters. The number of hydrogen-bond donors (Lipinski definition) is 1. The molecule has 35 heavy (non-hydrogen) atoms. The van der Waals surface area contributed by atoms with E-state index in [2.05, 4.69) is 5.32 Å². The predicted molar refractivity (Wildman–Crippen MR) is 127 cm³/mol. The summed E-state index contributed by atoms with van der Waals surface area (Å²) in [5, 5.41) is 3.25. The monoisotopic (exact) mass is 492 g/mol. The first-order chi connectivity index (χ1) is 16.9. The van der Waals surface area contributed by atoms with Crippen LogP contribution in [0.15, 0.2) is 66.7 Å². The molecule has 3 amide bonds. The van der Waals surface area contributed by atoms with Crippen LogP contribution in [0.4, 0.5) is 0 Å². The maximum atomic E-state index is 12.7. The number of carbonyl (C=O) groups excluding carboxylic acids is 4. The number of fused-ring (bicyclic) bond motifs is 1. The molecule has 3 aromatic carbocycles.